The maximum Gasteiger partial charge on any atom is 0.245 e. The molecule has 0 spiro atoms. The lowest BCUT2D eigenvalue weighted by Gasteiger charge is -2.21. The summed E-state index contributed by atoms with van der Waals surface area (Å²) >= 11 is 0. The van der Waals surface area contributed by atoms with E-state index < -0.39 is 5.54 Å². The van der Waals surface area contributed by atoms with Crippen molar-refractivity contribution in [1.82, 2.24) is 5.32 Å². The maximum absolute atomic E-state index is 12.9. The molecule has 1 fully saturated rings. The number of benzene rings is 1. The normalized spacial score (nSPS) is 24.4. The second kappa shape index (κ2) is 4.19. The Hall–Kier alpha value is -1.46. The van der Waals surface area contributed by atoms with Crippen LogP contribution in [0.4, 0.5) is 10.1 Å². The van der Waals surface area contributed by atoms with E-state index in [-0.39, 0.29) is 11.7 Å². The van der Waals surface area contributed by atoms with Crippen LogP contribution in [0.15, 0.2) is 24.3 Å². The van der Waals surface area contributed by atoms with E-state index in [0.717, 1.165) is 6.54 Å². The number of nitrogens with two attached hydrogens (primary N) is 1. The fourth-order valence-electron chi connectivity index (χ4n) is 1.73. The monoisotopic (exact) mass is 223 g/mol. The molecule has 5 heteroatoms. The number of amides is 1. The Morgan fingerprint density at radius 2 is 2.38 bits per heavy atom. The molecule has 1 aliphatic rings. The quantitative estimate of drug-likeness (QED) is 0.682. The third kappa shape index (κ3) is 2.20. The topological polar surface area (TPSA) is 67.2 Å². The van der Waals surface area contributed by atoms with Gasteiger partial charge in [-0.25, -0.2) is 4.39 Å². The molecule has 0 radical (unpaired) electrons. The van der Waals surface area contributed by atoms with E-state index in [1.54, 1.807) is 12.1 Å². The second-order valence-electron chi connectivity index (χ2n) is 4.05. The van der Waals surface area contributed by atoms with Crippen molar-refractivity contribution in [3.63, 3.8) is 0 Å². The zero-order valence-electron chi connectivity index (χ0n) is 8.79. The van der Waals surface area contributed by atoms with Gasteiger partial charge in [0.15, 0.2) is 0 Å². The average Bonchev–Trinajstić information content (AvgIpc) is 2.66. The van der Waals surface area contributed by atoms with Crippen LogP contribution in [0.5, 0.6) is 0 Å². The zero-order valence-corrected chi connectivity index (χ0v) is 8.79. The van der Waals surface area contributed by atoms with Crippen LogP contribution in [0.3, 0.4) is 0 Å². The van der Waals surface area contributed by atoms with E-state index in [0.29, 0.717) is 18.7 Å². The molecule has 4 N–H and O–H groups in total. The minimum Gasteiger partial charge on any atom is -0.324 e. The van der Waals surface area contributed by atoms with Crippen molar-refractivity contribution in [1.29, 1.82) is 0 Å². The predicted octanol–water partition coefficient (Wildman–Crippen LogP) is 0.455. The summed E-state index contributed by atoms with van der Waals surface area (Å²) in [6, 6.07) is 5.77. The molecular formula is C11H14FN3O. The highest BCUT2D eigenvalue weighted by Crippen LogP contribution is 2.15. The number of hydrogen-bond donors (Lipinski definition) is 3. The van der Waals surface area contributed by atoms with Gasteiger partial charge in [-0.15, -0.1) is 0 Å². The van der Waals surface area contributed by atoms with E-state index in [1.165, 1.54) is 12.1 Å². The van der Waals surface area contributed by atoms with Gasteiger partial charge in [0.1, 0.15) is 11.4 Å². The molecule has 16 heavy (non-hydrogen) atoms. The number of anilines is 1. The molecule has 1 amide bonds. The van der Waals surface area contributed by atoms with Crippen molar-refractivity contribution in [2.45, 2.75) is 12.0 Å². The van der Waals surface area contributed by atoms with Gasteiger partial charge in [0, 0.05) is 12.2 Å². The van der Waals surface area contributed by atoms with Crippen LogP contribution >= 0.6 is 0 Å². The number of carbonyl (C=O) groups is 1. The Morgan fingerprint density at radius 1 is 1.56 bits per heavy atom. The molecule has 1 atom stereocenters. The van der Waals surface area contributed by atoms with Crippen molar-refractivity contribution in [2.75, 3.05) is 18.4 Å². The highest BCUT2D eigenvalue weighted by atomic mass is 19.1. The Kier molecular flexibility index (Phi) is 2.89. The number of halogens is 1. The summed E-state index contributed by atoms with van der Waals surface area (Å²) < 4.78 is 12.9. The van der Waals surface area contributed by atoms with Crippen molar-refractivity contribution < 1.29 is 9.18 Å². The van der Waals surface area contributed by atoms with Crippen LogP contribution < -0.4 is 16.4 Å². The fraction of sp³-hybridized carbons (Fsp3) is 0.364. The first-order chi connectivity index (χ1) is 7.60. The van der Waals surface area contributed by atoms with Gasteiger partial charge in [-0.2, -0.15) is 0 Å². The number of rotatable bonds is 2. The molecule has 4 nitrogen and oxygen atoms in total. The lowest BCUT2D eigenvalue weighted by molar-refractivity contribution is -0.120. The van der Waals surface area contributed by atoms with Gasteiger partial charge in [0.05, 0.1) is 0 Å². The molecule has 1 aliphatic heterocycles. The molecule has 1 aromatic carbocycles. The molecule has 1 saturated heterocycles. The number of nitrogens with one attached hydrogen (secondary N) is 2. The first kappa shape index (κ1) is 11.0. The van der Waals surface area contributed by atoms with Crippen molar-refractivity contribution in [2.24, 2.45) is 5.73 Å². The van der Waals surface area contributed by atoms with E-state index in [1.807, 2.05) is 0 Å². The maximum atomic E-state index is 12.9. The third-order valence-corrected chi connectivity index (χ3v) is 2.72. The number of carbonyl (C=O) groups excluding carboxylic acids is 1. The highest BCUT2D eigenvalue weighted by molar-refractivity contribution is 5.98. The van der Waals surface area contributed by atoms with Gasteiger partial charge in [0.2, 0.25) is 5.91 Å². The van der Waals surface area contributed by atoms with E-state index in [4.69, 9.17) is 5.73 Å². The highest BCUT2D eigenvalue weighted by Gasteiger charge is 2.37. The summed E-state index contributed by atoms with van der Waals surface area (Å²) in [4.78, 5) is 11.8. The largest absolute Gasteiger partial charge is 0.324 e. The Balaban J connectivity index is 2.07. The second-order valence-corrected chi connectivity index (χ2v) is 4.05. The summed E-state index contributed by atoms with van der Waals surface area (Å²) in [6.07, 6.45) is 0.591. The Bertz CT molecular complexity index is 402. The van der Waals surface area contributed by atoms with Gasteiger partial charge in [-0.3, -0.25) is 4.79 Å². The van der Waals surface area contributed by atoms with Gasteiger partial charge < -0.3 is 16.4 Å². The fourth-order valence-corrected chi connectivity index (χ4v) is 1.73. The van der Waals surface area contributed by atoms with Gasteiger partial charge in [0.25, 0.3) is 0 Å². The van der Waals surface area contributed by atoms with Gasteiger partial charge in [-0.1, -0.05) is 6.07 Å². The molecule has 1 heterocycles. The lowest BCUT2D eigenvalue weighted by atomic mass is 9.99. The Labute approximate surface area is 93.0 Å². The molecule has 1 aromatic rings. The van der Waals surface area contributed by atoms with Crippen molar-refractivity contribution in [3.8, 4) is 0 Å². The third-order valence-electron chi connectivity index (χ3n) is 2.72. The standard InChI is InChI=1S/C11H14FN3O/c12-8-2-1-3-9(6-8)15-10(16)11(13)4-5-14-7-11/h1-3,6,14H,4-5,7,13H2,(H,15,16). The summed E-state index contributed by atoms with van der Waals surface area (Å²) in [5, 5.41) is 5.65. The number of hydrogen-bond acceptors (Lipinski definition) is 3. The summed E-state index contributed by atoms with van der Waals surface area (Å²) in [6.45, 7) is 1.18. The smallest absolute Gasteiger partial charge is 0.245 e. The first-order valence-corrected chi connectivity index (χ1v) is 5.17. The summed E-state index contributed by atoms with van der Waals surface area (Å²) in [5.41, 5.74) is 5.47. The molecular weight excluding hydrogens is 209 g/mol. The van der Waals surface area contributed by atoms with Crippen molar-refractivity contribution >= 4 is 11.6 Å². The SMILES string of the molecule is NC1(C(=O)Nc2cccc(F)c2)CCNC1. The lowest BCUT2D eigenvalue weighted by Crippen LogP contribution is -2.52. The van der Waals surface area contributed by atoms with Gasteiger partial charge in [-0.05, 0) is 31.2 Å². The molecule has 0 bridgehead atoms. The molecule has 0 aliphatic carbocycles. The minimum atomic E-state index is -0.883. The molecule has 0 aromatic heterocycles. The van der Waals surface area contributed by atoms with Crippen molar-refractivity contribution in [3.05, 3.63) is 30.1 Å². The van der Waals surface area contributed by atoms with Crippen LogP contribution in [0, 0.1) is 5.82 Å². The van der Waals surface area contributed by atoms with Crippen LogP contribution in [-0.4, -0.2) is 24.5 Å². The van der Waals surface area contributed by atoms with Crippen LogP contribution in [0.2, 0.25) is 0 Å². The van der Waals surface area contributed by atoms with E-state index in [2.05, 4.69) is 10.6 Å². The van der Waals surface area contributed by atoms with Crippen LogP contribution in [0.25, 0.3) is 0 Å². The average molecular weight is 223 g/mol. The molecule has 86 valence electrons. The zero-order chi connectivity index (χ0) is 11.6. The molecule has 1 unspecified atom stereocenters. The molecule has 2 rings (SSSR count). The van der Waals surface area contributed by atoms with Gasteiger partial charge >= 0.3 is 0 Å². The molecule has 0 saturated carbocycles. The Morgan fingerprint density at radius 3 is 3.00 bits per heavy atom. The van der Waals surface area contributed by atoms with E-state index in [9.17, 15) is 9.18 Å². The minimum absolute atomic E-state index is 0.275. The van der Waals surface area contributed by atoms with Crippen LogP contribution in [0.1, 0.15) is 6.42 Å². The first-order valence-electron chi connectivity index (χ1n) is 5.17. The predicted molar refractivity (Wildman–Crippen MR) is 59.4 cm³/mol. The van der Waals surface area contributed by atoms with Crippen LogP contribution in [-0.2, 0) is 4.79 Å². The van der Waals surface area contributed by atoms with E-state index >= 15 is 0 Å². The summed E-state index contributed by atoms with van der Waals surface area (Å²) in [7, 11) is 0. The summed E-state index contributed by atoms with van der Waals surface area (Å²) in [5.74, 6) is -0.656.